The van der Waals surface area contributed by atoms with E-state index in [9.17, 15) is 21.6 Å². The minimum Gasteiger partial charge on any atom is -0.487 e. The number of sulfonamides is 1. The van der Waals surface area contributed by atoms with Gasteiger partial charge >= 0.3 is 10.2 Å². The lowest BCUT2D eigenvalue weighted by atomic mass is 9.95. The van der Waals surface area contributed by atoms with Crippen LogP contribution in [0.15, 0.2) is 78.9 Å². The molecule has 9 nitrogen and oxygen atoms in total. The van der Waals surface area contributed by atoms with E-state index in [1.807, 2.05) is 65.4 Å². The zero-order valence-corrected chi connectivity index (χ0v) is 22.3. The van der Waals surface area contributed by atoms with Crippen molar-refractivity contribution in [1.82, 2.24) is 9.03 Å². The Labute approximate surface area is 222 Å². The van der Waals surface area contributed by atoms with E-state index in [2.05, 4.69) is 0 Å². The summed E-state index contributed by atoms with van der Waals surface area (Å²) in [6.45, 7) is 0.143. The molecule has 11 heteroatoms. The highest BCUT2D eigenvalue weighted by Crippen LogP contribution is 2.34. The molecule has 2 aliphatic heterocycles. The molecule has 0 aliphatic carbocycles. The number of ether oxygens (including phenoxy) is 1. The van der Waals surface area contributed by atoms with Crippen molar-refractivity contribution in [3.05, 3.63) is 101 Å². The molecule has 0 spiro atoms. The number of carbonyl (C=O) groups is 1. The Morgan fingerprint density at radius 3 is 2.39 bits per heavy atom. The van der Waals surface area contributed by atoms with E-state index in [1.54, 1.807) is 24.3 Å². The van der Waals surface area contributed by atoms with Crippen molar-refractivity contribution in [3.63, 3.8) is 0 Å². The summed E-state index contributed by atoms with van der Waals surface area (Å²) in [7, 11) is -7.49. The first-order valence-electron chi connectivity index (χ1n) is 12.0. The van der Waals surface area contributed by atoms with Crippen molar-refractivity contribution >= 4 is 37.9 Å². The van der Waals surface area contributed by atoms with Crippen molar-refractivity contribution in [2.75, 3.05) is 17.1 Å². The molecule has 0 aromatic heterocycles. The standard InChI is InChI=1S/C27H27N3O6S2/c1-37(32,33)29-17-23-10-6-5-9-22(23)16-24(29)13-11-20-12-14-25(30-18-27(31)28-38(30,34)35)26(15-20)36-19-21-7-3-2-4-8-21/h2-15,24H,16-19H2,1H3,(H,28,31). The summed E-state index contributed by atoms with van der Waals surface area (Å²) in [4.78, 5) is 11.8. The minimum atomic E-state index is -4.03. The number of carbonyl (C=O) groups excluding carboxylic acids is 1. The third-order valence-electron chi connectivity index (χ3n) is 6.49. The number of amides is 1. The van der Waals surface area contributed by atoms with Crippen LogP contribution >= 0.6 is 0 Å². The minimum absolute atomic E-state index is 0.192. The lowest BCUT2D eigenvalue weighted by molar-refractivity contribution is -0.117. The molecule has 1 unspecified atom stereocenters. The van der Waals surface area contributed by atoms with Gasteiger partial charge in [0.1, 0.15) is 18.9 Å². The summed E-state index contributed by atoms with van der Waals surface area (Å²) in [5, 5.41) is 0. The molecule has 1 N–H and O–H groups in total. The second kappa shape index (κ2) is 10.2. The molecule has 1 fully saturated rings. The van der Waals surface area contributed by atoms with E-state index in [0.29, 0.717) is 18.5 Å². The van der Waals surface area contributed by atoms with Crippen molar-refractivity contribution < 1.29 is 26.4 Å². The van der Waals surface area contributed by atoms with Gasteiger partial charge in [0.15, 0.2) is 0 Å². The molecule has 2 heterocycles. The Hall–Kier alpha value is -3.67. The molecule has 3 aromatic rings. The molecular weight excluding hydrogens is 526 g/mol. The van der Waals surface area contributed by atoms with Gasteiger partial charge < -0.3 is 4.74 Å². The van der Waals surface area contributed by atoms with Gasteiger partial charge in [0.25, 0.3) is 5.91 Å². The van der Waals surface area contributed by atoms with Gasteiger partial charge in [0, 0.05) is 12.6 Å². The Kier molecular flexibility index (Phi) is 6.99. The molecule has 0 saturated carbocycles. The smallest absolute Gasteiger partial charge is 0.326 e. The average Bonchev–Trinajstić information content (AvgIpc) is 3.17. The molecule has 0 bridgehead atoms. The summed E-state index contributed by atoms with van der Waals surface area (Å²) in [6, 6.07) is 21.8. The third kappa shape index (κ3) is 5.59. The van der Waals surface area contributed by atoms with Gasteiger partial charge in [-0.25, -0.2) is 17.4 Å². The number of benzene rings is 3. The predicted octanol–water partition coefficient (Wildman–Crippen LogP) is 2.85. The van der Waals surface area contributed by atoms with Crippen molar-refractivity contribution in [2.45, 2.75) is 25.6 Å². The van der Waals surface area contributed by atoms with Gasteiger partial charge in [0.05, 0.1) is 11.9 Å². The van der Waals surface area contributed by atoms with Gasteiger partial charge in [0.2, 0.25) is 10.0 Å². The molecule has 0 radical (unpaired) electrons. The molecule has 38 heavy (non-hydrogen) atoms. The van der Waals surface area contributed by atoms with Crippen LogP contribution in [0.2, 0.25) is 0 Å². The number of hydrogen-bond donors (Lipinski definition) is 1. The SMILES string of the molecule is CS(=O)(=O)N1Cc2ccccc2CC1C=Cc1ccc(N2CC(=O)NS2(=O)=O)c(OCc2ccccc2)c1. The highest BCUT2D eigenvalue weighted by molar-refractivity contribution is 7.92. The van der Waals surface area contributed by atoms with E-state index in [-0.39, 0.29) is 30.6 Å². The largest absolute Gasteiger partial charge is 0.487 e. The van der Waals surface area contributed by atoms with E-state index in [4.69, 9.17) is 4.74 Å². The normalized spacial score (nSPS) is 19.3. The van der Waals surface area contributed by atoms with E-state index in [0.717, 1.165) is 21.0 Å². The van der Waals surface area contributed by atoms with E-state index in [1.165, 1.54) is 10.6 Å². The van der Waals surface area contributed by atoms with Crippen LogP contribution < -0.4 is 13.8 Å². The van der Waals surface area contributed by atoms with Crippen LogP contribution in [-0.4, -0.2) is 45.9 Å². The zero-order valence-electron chi connectivity index (χ0n) is 20.6. The fourth-order valence-electron chi connectivity index (χ4n) is 4.63. The molecule has 1 atom stereocenters. The molecule has 5 rings (SSSR count). The van der Waals surface area contributed by atoms with Gasteiger partial charge in [-0.1, -0.05) is 72.8 Å². The number of nitrogens with zero attached hydrogens (tertiary/aromatic N) is 2. The van der Waals surface area contributed by atoms with Gasteiger partial charge in [-0.2, -0.15) is 12.7 Å². The summed E-state index contributed by atoms with van der Waals surface area (Å²) in [5.41, 5.74) is 3.91. The second-order valence-corrected chi connectivity index (χ2v) is 12.8. The fraction of sp³-hybridized carbons (Fsp3) is 0.222. The third-order valence-corrected chi connectivity index (χ3v) is 9.13. The lowest BCUT2D eigenvalue weighted by Gasteiger charge is -2.33. The van der Waals surface area contributed by atoms with Gasteiger partial charge in [-0.05, 0) is 40.8 Å². The number of rotatable bonds is 7. The van der Waals surface area contributed by atoms with Crippen LogP contribution in [0.3, 0.4) is 0 Å². The number of hydrogen-bond acceptors (Lipinski definition) is 6. The molecule has 1 saturated heterocycles. The molecular formula is C27H27N3O6S2. The maximum Gasteiger partial charge on any atom is 0.326 e. The van der Waals surface area contributed by atoms with Crippen LogP contribution in [0.5, 0.6) is 5.75 Å². The molecule has 2 aliphatic rings. The van der Waals surface area contributed by atoms with Crippen LogP contribution in [0.1, 0.15) is 22.3 Å². The molecule has 3 aromatic carbocycles. The highest BCUT2D eigenvalue weighted by Gasteiger charge is 2.36. The Morgan fingerprint density at radius 2 is 1.71 bits per heavy atom. The van der Waals surface area contributed by atoms with Crippen LogP contribution in [-0.2, 0) is 44.6 Å². The van der Waals surface area contributed by atoms with Crippen molar-refractivity contribution in [2.24, 2.45) is 0 Å². The highest BCUT2D eigenvalue weighted by atomic mass is 32.2. The first kappa shape index (κ1) is 26.0. The number of anilines is 1. The Bertz CT molecular complexity index is 1600. The summed E-state index contributed by atoms with van der Waals surface area (Å²) in [5.74, 6) is -0.341. The quantitative estimate of drug-likeness (QED) is 0.482. The maximum absolute atomic E-state index is 12.5. The number of fused-ring (bicyclic) bond motifs is 1. The monoisotopic (exact) mass is 553 g/mol. The predicted molar refractivity (Wildman–Crippen MR) is 145 cm³/mol. The Morgan fingerprint density at radius 1 is 1.00 bits per heavy atom. The first-order chi connectivity index (χ1) is 18.1. The average molecular weight is 554 g/mol. The lowest BCUT2D eigenvalue weighted by Crippen LogP contribution is -2.42. The van der Waals surface area contributed by atoms with Crippen LogP contribution in [0.25, 0.3) is 6.08 Å². The number of nitrogens with one attached hydrogen (secondary N) is 1. The first-order valence-corrected chi connectivity index (χ1v) is 15.2. The molecule has 198 valence electrons. The fourth-order valence-corrected chi connectivity index (χ4v) is 6.79. The van der Waals surface area contributed by atoms with E-state index >= 15 is 0 Å². The zero-order chi connectivity index (χ0) is 26.9. The van der Waals surface area contributed by atoms with Crippen molar-refractivity contribution in [1.29, 1.82) is 0 Å². The summed E-state index contributed by atoms with van der Waals surface area (Å²) in [6.07, 6.45) is 5.38. The van der Waals surface area contributed by atoms with Gasteiger partial charge in [-0.3, -0.25) is 4.79 Å². The maximum atomic E-state index is 12.5. The van der Waals surface area contributed by atoms with Crippen molar-refractivity contribution in [3.8, 4) is 5.75 Å². The van der Waals surface area contributed by atoms with E-state index < -0.39 is 26.1 Å². The topological polar surface area (TPSA) is 113 Å². The van der Waals surface area contributed by atoms with Crippen LogP contribution in [0, 0.1) is 0 Å². The van der Waals surface area contributed by atoms with Gasteiger partial charge in [-0.15, -0.1) is 0 Å². The summed E-state index contributed by atoms with van der Waals surface area (Å²) >= 11 is 0. The van der Waals surface area contributed by atoms with Crippen LogP contribution in [0.4, 0.5) is 5.69 Å². The second-order valence-electron chi connectivity index (χ2n) is 9.25. The molecule has 1 amide bonds. The summed E-state index contributed by atoms with van der Waals surface area (Å²) < 4.78 is 60.6. The Balaban J connectivity index is 1.47.